The van der Waals surface area contributed by atoms with Crippen molar-refractivity contribution in [1.29, 1.82) is 0 Å². The van der Waals surface area contributed by atoms with Gasteiger partial charge in [-0.2, -0.15) is 0 Å². The molecule has 0 aromatic carbocycles. The fraction of sp³-hybridized carbons (Fsp3) is 1.00. The van der Waals surface area contributed by atoms with E-state index in [2.05, 4.69) is 38.2 Å². The second kappa shape index (κ2) is 3.85. The van der Waals surface area contributed by atoms with E-state index in [1.807, 2.05) is 7.05 Å². The van der Waals surface area contributed by atoms with Crippen molar-refractivity contribution in [2.45, 2.75) is 20.0 Å². The zero-order chi connectivity index (χ0) is 7.44. The van der Waals surface area contributed by atoms with Crippen LogP contribution in [0.3, 0.4) is 0 Å². The van der Waals surface area contributed by atoms with Crippen LogP contribution in [0.25, 0.3) is 0 Å². The Balaban J connectivity index is 3.68. The molecule has 0 fully saturated rings. The zero-order valence-corrected chi connectivity index (χ0v) is 7.10. The van der Waals surface area contributed by atoms with Gasteiger partial charge in [0.15, 0.2) is 0 Å². The van der Waals surface area contributed by atoms with Crippen LogP contribution in [0.1, 0.15) is 13.8 Å². The molecule has 0 heterocycles. The fourth-order valence-corrected chi connectivity index (χ4v) is 1.19. The lowest BCUT2D eigenvalue weighted by molar-refractivity contribution is 0.200. The highest BCUT2D eigenvalue weighted by Crippen LogP contribution is 2.01. The molecule has 0 saturated heterocycles. The maximum Gasteiger partial charge on any atom is 0.0613 e. The molecule has 1 N–H and O–H groups in total. The minimum atomic E-state index is 0.505. The third-order valence-electron chi connectivity index (χ3n) is 1.48. The normalized spacial score (nSPS) is 15.0. The second-order valence-electron chi connectivity index (χ2n) is 2.94. The Morgan fingerprint density at radius 1 is 1.22 bits per heavy atom. The molecule has 0 aliphatic carbocycles. The van der Waals surface area contributed by atoms with E-state index in [1.54, 1.807) is 0 Å². The summed E-state index contributed by atoms with van der Waals surface area (Å²) in [5.41, 5.74) is 0. The Morgan fingerprint density at radius 2 is 1.67 bits per heavy atom. The van der Waals surface area contributed by atoms with Gasteiger partial charge < -0.3 is 5.32 Å². The van der Waals surface area contributed by atoms with Gasteiger partial charge in [0.2, 0.25) is 0 Å². The van der Waals surface area contributed by atoms with E-state index in [0.29, 0.717) is 12.1 Å². The summed E-state index contributed by atoms with van der Waals surface area (Å²) >= 11 is 0. The Morgan fingerprint density at radius 3 is 1.67 bits per heavy atom. The lowest BCUT2D eigenvalue weighted by atomic mass is 10.1. The van der Waals surface area contributed by atoms with Crippen LogP contribution in [0, 0.1) is 5.92 Å². The fourth-order valence-electron chi connectivity index (χ4n) is 1.19. The minimum absolute atomic E-state index is 0.505. The van der Waals surface area contributed by atoms with Crippen molar-refractivity contribution >= 4 is 0 Å². The molecule has 1 atom stereocenters. The monoisotopic (exact) mass is 130 g/mol. The highest BCUT2D eigenvalue weighted by molar-refractivity contribution is 4.63. The summed E-state index contributed by atoms with van der Waals surface area (Å²) in [6.45, 7) is 4.42. The van der Waals surface area contributed by atoms with Crippen LogP contribution in [0.5, 0.6) is 0 Å². The van der Waals surface area contributed by atoms with E-state index in [9.17, 15) is 0 Å². The van der Waals surface area contributed by atoms with Crippen molar-refractivity contribution in [3.05, 3.63) is 0 Å². The molecule has 0 bridgehead atoms. The van der Waals surface area contributed by atoms with E-state index < -0.39 is 0 Å². The van der Waals surface area contributed by atoms with Crippen molar-refractivity contribution in [2.75, 3.05) is 21.1 Å². The molecule has 2 heteroatoms. The summed E-state index contributed by atoms with van der Waals surface area (Å²) in [6, 6.07) is 0. The predicted octanol–water partition coefficient (Wildman–Crippen LogP) is 0.749. The largest absolute Gasteiger partial charge is 0.305 e. The van der Waals surface area contributed by atoms with Crippen LogP contribution in [-0.4, -0.2) is 32.2 Å². The Labute approximate surface area is 58.2 Å². The number of hydrogen-bond donors (Lipinski definition) is 1. The summed E-state index contributed by atoms with van der Waals surface area (Å²) in [5, 5.41) is 3.23. The maximum absolute atomic E-state index is 3.23. The van der Waals surface area contributed by atoms with Gasteiger partial charge in [0.1, 0.15) is 0 Å². The molecule has 9 heavy (non-hydrogen) atoms. The highest BCUT2D eigenvalue weighted by Gasteiger charge is 2.11. The number of hydrogen-bond acceptors (Lipinski definition) is 2. The molecule has 0 aliphatic heterocycles. The van der Waals surface area contributed by atoms with Gasteiger partial charge in [-0.1, -0.05) is 13.8 Å². The molecule has 1 unspecified atom stereocenters. The van der Waals surface area contributed by atoms with Crippen molar-refractivity contribution in [2.24, 2.45) is 5.92 Å². The van der Waals surface area contributed by atoms with E-state index in [4.69, 9.17) is 0 Å². The van der Waals surface area contributed by atoms with Gasteiger partial charge in [-0.3, -0.25) is 4.90 Å². The Bertz CT molecular complexity index is 61.3. The van der Waals surface area contributed by atoms with E-state index in [1.165, 1.54) is 0 Å². The van der Waals surface area contributed by atoms with E-state index in [0.717, 1.165) is 0 Å². The van der Waals surface area contributed by atoms with Crippen molar-refractivity contribution in [1.82, 2.24) is 10.2 Å². The Kier molecular flexibility index (Phi) is 3.82. The first kappa shape index (κ1) is 8.92. The van der Waals surface area contributed by atoms with Gasteiger partial charge in [0.25, 0.3) is 0 Å². The molecule has 0 rings (SSSR count). The predicted molar refractivity (Wildman–Crippen MR) is 41.4 cm³/mol. The molecule has 0 aromatic heterocycles. The number of rotatable bonds is 3. The molecule has 0 spiro atoms. The summed E-state index contributed by atoms with van der Waals surface area (Å²) in [4.78, 5) is 2.19. The molecule has 0 aromatic rings. The van der Waals surface area contributed by atoms with Crippen LogP contribution in [0.4, 0.5) is 0 Å². The maximum atomic E-state index is 3.23. The second-order valence-corrected chi connectivity index (χ2v) is 2.94. The smallest absolute Gasteiger partial charge is 0.0613 e. The quantitative estimate of drug-likeness (QED) is 0.567. The van der Waals surface area contributed by atoms with E-state index >= 15 is 0 Å². The first-order valence-electron chi connectivity index (χ1n) is 3.43. The molecule has 0 amide bonds. The SMILES string of the molecule is CNC(C(C)C)N(C)C. The van der Waals surface area contributed by atoms with Gasteiger partial charge >= 0.3 is 0 Å². The zero-order valence-electron chi connectivity index (χ0n) is 7.10. The molecule has 0 radical (unpaired) electrons. The van der Waals surface area contributed by atoms with Crippen LogP contribution < -0.4 is 5.32 Å². The van der Waals surface area contributed by atoms with Crippen molar-refractivity contribution < 1.29 is 0 Å². The third kappa shape index (κ3) is 2.82. The van der Waals surface area contributed by atoms with E-state index in [-0.39, 0.29) is 0 Å². The first-order chi connectivity index (χ1) is 4.09. The number of nitrogens with zero attached hydrogens (tertiary/aromatic N) is 1. The average molecular weight is 130 g/mol. The average Bonchev–Trinajstić information content (AvgIpc) is 1.64. The minimum Gasteiger partial charge on any atom is -0.305 e. The van der Waals surface area contributed by atoms with Crippen LogP contribution in [0.15, 0.2) is 0 Å². The number of nitrogens with one attached hydrogen (secondary N) is 1. The lowest BCUT2D eigenvalue weighted by Gasteiger charge is -2.26. The van der Waals surface area contributed by atoms with Crippen molar-refractivity contribution in [3.63, 3.8) is 0 Å². The molecule has 0 saturated carbocycles. The molecular weight excluding hydrogens is 112 g/mol. The summed E-state index contributed by atoms with van der Waals surface area (Å²) in [5.74, 6) is 0.671. The van der Waals surface area contributed by atoms with Crippen LogP contribution in [0.2, 0.25) is 0 Å². The Hall–Kier alpha value is -0.0800. The van der Waals surface area contributed by atoms with Crippen LogP contribution in [-0.2, 0) is 0 Å². The summed E-state index contributed by atoms with van der Waals surface area (Å²) in [7, 11) is 6.16. The van der Waals surface area contributed by atoms with Gasteiger partial charge in [0, 0.05) is 0 Å². The standard InChI is InChI=1S/C7H18N2/c1-6(2)7(8-3)9(4)5/h6-8H,1-5H3. The lowest BCUT2D eigenvalue weighted by Crippen LogP contribution is -2.43. The molecule has 0 aliphatic rings. The van der Waals surface area contributed by atoms with Crippen molar-refractivity contribution in [3.8, 4) is 0 Å². The first-order valence-corrected chi connectivity index (χ1v) is 3.43. The van der Waals surface area contributed by atoms with Crippen LogP contribution >= 0.6 is 0 Å². The highest BCUT2D eigenvalue weighted by atomic mass is 15.2. The topological polar surface area (TPSA) is 15.3 Å². The van der Waals surface area contributed by atoms with Gasteiger partial charge in [-0.15, -0.1) is 0 Å². The van der Waals surface area contributed by atoms with Gasteiger partial charge in [0.05, 0.1) is 6.17 Å². The molecular formula is C7H18N2. The van der Waals surface area contributed by atoms with Gasteiger partial charge in [-0.25, -0.2) is 0 Å². The summed E-state index contributed by atoms with van der Waals surface area (Å²) in [6.07, 6.45) is 0.505. The third-order valence-corrected chi connectivity index (χ3v) is 1.48. The molecule has 56 valence electrons. The summed E-state index contributed by atoms with van der Waals surface area (Å²) < 4.78 is 0. The molecule has 2 nitrogen and oxygen atoms in total. The van der Waals surface area contributed by atoms with Gasteiger partial charge in [-0.05, 0) is 27.1 Å².